The van der Waals surface area contributed by atoms with E-state index >= 15 is 0 Å². The fourth-order valence-corrected chi connectivity index (χ4v) is 3.18. The maximum Gasteiger partial charge on any atom is 0.325 e. The SMILES string of the molecule is COC(=O)Cn1c(=NC(=O)C2=COCCO2)sc2cccc(F)c21. The van der Waals surface area contributed by atoms with Crippen molar-refractivity contribution in [2.24, 2.45) is 4.99 Å². The van der Waals surface area contributed by atoms with Crippen molar-refractivity contribution in [3.63, 3.8) is 0 Å². The van der Waals surface area contributed by atoms with E-state index in [9.17, 15) is 14.0 Å². The quantitative estimate of drug-likeness (QED) is 0.779. The zero-order valence-corrected chi connectivity index (χ0v) is 13.5. The number of ether oxygens (including phenoxy) is 3. The monoisotopic (exact) mass is 352 g/mol. The van der Waals surface area contributed by atoms with Gasteiger partial charge in [0.15, 0.2) is 4.80 Å². The van der Waals surface area contributed by atoms with Gasteiger partial charge in [-0.3, -0.25) is 9.59 Å². The Balaban J connectivity index is 2.12. The molecule has 1 aliphatic rings. The van der Waals surface area contributed by atoms with Gasteiger partial charge in [0.25, 0.3) is 0 Å². The van der Waals surface area contributed by atoms with E-state index in [0.29, 0.717) is 11.3 Å². The van der Waals surface area contributed by atoms with Crippen molar-refractivity contribution in [3.8, 4) is 0 Å². The third-order valence-corrected chi connectivity index (χ3v) is 4.27. The van der Waals surface area contributed by atoms with Gasteiger partial charge < -0.3 is 18.8 Å². The summed E-state index contributed by atoms with van der Waals surface area (Å²) >= 11 is 1.09. The molecule has 0 atom stereocenters. The van der Waals surface area contributed by atoms with E-state index in [-0.39, 0.29) is 29.2 Å². The molecule has 1 aromatic carbocycles. The first-order valence-electron chi connectivity index (χ1n) is 6.98. The van der Waals surface area contributed by atoms with Crippen molar-refractivity contribution in [1.29, 1.82) is 0 Å². The van der Waals surface area contributed by atoms with Gasteiger partial charge in [-0.15, -0.1) is 0 Å². The largest absolute Gasteiger partial charge is 0.494 e. The molecule has 9 heteroatoms. The average Bonchev–Trinajstić information content (AvgIpc) is 2.94. The number of carbonyl (C=O) groups is 2. The lowest BCUT2D eigenvalue weighted by Crippen LogP contribution is -2.24. The van der Waals surface area contributed by atoms with E-state index in [1.54, 1.807) is 12.1 Å². The van der Waals surface area contributed by atoms with Gasteiger partial charge in [0.05, 0.1) is 17.3 Å². The molecule has 24 heavy (non-hydrogen) atoms. The zero-order valence-electron chi connectivity index (χ0n) is 12.7. The molecule has 0 unspecified atom stereocenters. The highest BCUT2D eigenvalue weighted by atomic mass is 32.1. The van der Waals surface area contributed by atoms with Gasteiger partial charge in [0, 0.05) is 0 Å². The van der Waals surface area contributed by atoms with Crippen LogP contribution in [0.2, 0.25) is 0 Å². The molecule has 7 nitrogen and oxygen atoms in total. The fraction of sp³-hybridized carbons (Fsp3) is 0.267. The normalized spacial score (nSPS) is 14.8. The second-order valence-corrected chi connectivity index (χ2v) is 5.76. The molecule has 0 N–H and O–H groups in total. The van der Waals surface area contributed by atoms with Gasteiger partial charge in [-0.05, 0) is 12.1 Å². The highest BCUT2D eigenvalue weighted by molar-refractivity contribution is 7.16. The maximum atomic E-state index is 14.2. The highest BCUT2D eigenvalue weighted by Gasteiger charge is 2.18. The summed E-state index contributed by atoms with van der Waals surface area (Å²) < 4.78 is 30.9. The molecule has 1 aromatic heterocycles. The number of hydrogen-bond acceptors (Lipinski definition) is 6. The van der Waals surface area contributed by atoms with Crippen LogP contribution in [-0.4, -0.2) is 36.8 Å². The Bertz CT molecular complexity index is 899. The number of fused-ring (bicyclic) bond motifs is 1. The van der Waals surface area contributed by atoms with Gasteiger partial charge in [-0.2, -0.15) is 4.99 Å². The number of nitrogens with zero attached hydrogens (tertiary/aromatic N) is 2. The first kappa shape index (κ1) is 16.2. The number of benzene rings is 1. The first-order valence-corrected chi connectivity index (χ1v) is 7.80. The van der Waals surface area contributed by atoms with Gasteiger partial charge >= 0.3 is 11.9 Å². The van der Waals surface area contributed by atoms with E-state index < -0.39 is 17.7 Å². The van der Waals surface area contributed by atoms with E-state index in [2.05, 4.69) is 9.73 Å². The smallest absolute Gasteiger partial charge is 0.325 e. The number of aromatic nitrogens is 1. The van der Waals surface area contributed by atoms with Crippen LogP contribution in [-0.2, 0) is 30.3 Å². The maximum absolute atomic E-state index is 14.2. The average molecular weight is 352 g/mol. The number of halogens is 1. The van der Waals surface area contributed by atoms with Gasteiger partial charge in [0.1, 0.15) is 31.8 Å². The number of carbonyl (C=O) groups excluding carboxylic acids is 2. The van der Waals surface area contributed by atoms with Crippen LogP contribution in [0.5, 0.6) is 0 Å². The van der Waals surface area contributed by atoms with Crippen molar-refractivity contribution >= 4 is 33.4 Å². The molecule has 126 valence electrons. The molecule has 0 saturated carbocycles. The summed E-state index contributed by atoms with van der Waals surface area (Å²) in [5.74, 6) is -1.80. The van der Waals surface area contributed by atoms with Crippen molar-refractivity contribution in [3.05, 3.63) is 40.8 Å². The van der Waals surface area contributed by atoms with Crippen molar-refractivity contribution in [2.45, 2.75) is 6.54 Å². The Morgan fingerprint density at radius 2 is 2.25 bits per heavy atom. The van der Waals surface area contributed by atoms with Crippen LogP contribution in [0, 0.1) is 5.82 Å². The lowest BCUT2D eigenvalue weighted by Gasteiger charge is -2.12. The summed E-state index contributed by atoms with van der Waals surface area (Å²) in [6.07, 6.45) is 1.19. The van der Waals surface area contributed by atoms with Crippen molar-refractivity contribution < 1.29 is 28.2 Å². The number of hydrogen-bond donors (Lipinski definition) is 0. The van der Waals surface area contributed by atoms with Crippen LogP contribution < -0.4 is 4.80 Å². The van der Waals surface area contributed by atoms with E-state index in [0.717, 1.165) is 11.3 Å². The molecule has 2 heterocycles. The second kappa shape index (κ2) is 6.83. The molecule has 2 aromatic rings. The third-order valence-electron chi connectivity index (χ3n) is 3.22. The van der Waals surface area contributed by atoms with Crippen LogP contribution in [0.25, 0.3) is 10.2 Å². The fourth-order valence-electron chi connectivity index (χ4n) is 2.13. The molecule has 0 bridgehead atoms. The summed E-state index contributed by atoms with van der Waals surface area (Å²) in [6.45, 7) is 0.337. The number of para-hydroxylation sites is 1. The third kappa shape index (κ3) is 3.16. The molecule has 0 radical (unpaired) electrons. The number of rotatable bonds is 3. The Hall–Kier alpha value is -2.68. The summed E-state index contributed by atoms with van der Waals surface area (Å²) in [7, 11) is 1.23. The van der Waals surface area contributed by atoms with Crippen LogP contribution in [0.1, 0.15) is 0 Å². The lowest BCUT2D eigenvalue weighted by molar-refractivity contribution is -0.141. The van der Waals surface area contributed by atoms with Gasteiger partial charge in [0.2, 0.25) is 5.76 Å². The number of thiazole rings is 1. The van der Waals surface area contributed by atoms with Crippen LogP contribution in [0.3, 0.4) is 0 Å². The molecule has 3 rings (SSSR count). The Morgan fingerprint density at radius 1 is 1.42 bits per heavy atom. The summed E-state index contributed by atoms with van der Waals surface area (Å²) in [4.78, 5) is 27.9. The van der Waals surface area contributed by atoms with Gasteiger partial charge in [-0.25, -0.2) is 4.39 Å². The molecular formula is C15H13FN2O5S. The lowest BCUT2D eigenvalue weighted by atomic mass is 10.3. The molecule has 1 amide bonds. The van der Waals surface area contributed by atoms with Gasteiger partial charge in [-0.1, -0.05) is 17.4 Å². The molecular weight excluding hydrogens is 339 g/mol. The van der Waals surface area contributed by atoms with E-state index in [4.69, 9.17) is 9.47 Å². The number of methoxy groups -OCH3 is 1. The first-order chi connectivity index (χ1) is 11.6. The minimum atomic E-state index is -0.666. The molecule has 0 fully saturated rings. The van der Waals surface area contributed by atoms with Crippen LogP contribution >= 0.6 is 11.3 Å². The summed E-state index contributed by atoms with van der Waals surface area (Å²) in [6, 6.07) is 4.50. The number of amides is 1. The van der Waals surface area contributed by atoms with E-state index in [1.807, 2.05) is 0 Å². The molecule has 0 aliphatic carbocycles. The molecule has 0 spiro atoms. The highest BCUT2D eigenvalue weighted by Crippen LogP contribution is 2.20. The second-order valence-electron chi connectivity index (χ2n) is 4.75. The summed E-state index contributed by atoms with van der Waals surface area (Å²) in [5, 5.41) is 0. The molecule has 1 aliphatic heterocycles. The van der Waals surface area contributed by atoms with Crippen molar-refractivity contribution in [1.82, 2.24) is 4.57 Å². The number of esters is 1. The van der Waals surface area contributed by atoms with Crippen LogP contribution in [0.15, 0.2) is 35.2 Å². The predicted molar refractivity (Wildman–Crippen MR) is 82.3 cm³/mol. The minimum Gasteiger partial charge on any atom is -0.494 e. The Morgan fingerprint density at radius 3 is 2.96 bits per heavy atom. The standard InChI is InChI=1S/C15H13FN2O5S/c1-21-12(19)7-18-13-9(16)3-2-4-11(13)24-15(18)17-14(20)10-8-22-5-6-23-10/h2-4,8H,5-7H2,1H3. The summed E-state index contributed by atoms with van der Waals surface area (Å²) in [5.41, 5.74) is 0.189. The predicted octanol–water partition coefficient (Wildman–Crippen LogP) is 1.33. The van der Waals surface area contributed by atoms with Crippen LogP contribution in [0.4, 0.5) is 4.39 Å². The topological polar surface area (TPSA) is 79.1 Å². The molecule has 0 saturated heterocycles. The minimum absolute atomic E-state index is 0.0382. The Kier molecular flexibility index (Phi) is 4.61. The zero-order chi connectivity index (χ0) is 17.1. The Labute approximate surface area is 139 Å². The van der Waals surface area contributed by atoms with Crippen molar-refractivity contribution in [2.75, 3.05) is 20.3 Å². The van der Waals surface area contributed by atoms with E-state index in [1.165, 1.54) is 24.0 Å².